The Bertz CT molecular complexity index is 453. The lowest BCUT2D eigenvalue weighted by Gasteiger charge is -2.29. The van der Waals surface area contributed by atoms with E-state index in [1.54, 1.807) is 22.3 Å². The summed E-state index contributed by atoms with van der Waals surface area (Å²) in [5.41, 5.74) is 0. The minimum atomic E-state index is -0.810. The van der Waals surface area contributed by atoms with Crippen LogP contribution in [-0.2, 0) is 9.59 Å². The van der Waals surface area contributed by atoms with Gasteiger partial charge in [-0.1, -0.05) is 6.07 Å². The van der Waals surface area contributed by atoms with Gasteiger partial charge in [0.15, 0.2) is 0 Å². The zero-order chi connectivity index (χ0) is 13.0. The standard InChI is InChI=1S/C13H15NO3S/c15-12(6-5-11-4-2-8-18-11)14-7-1-3-10(9-14)13(16)17/h2,4-6,8,10H,1,3,7,9H2,(H,16,17)/b6-5+. The number of piperidine rings is 1. The maximum atomic E-state index is 11.9. The average Bonchev–Trinajstić information content (AvgIpc) is 2.89. The lowest BCUT2D eigenvalue weighted by molar-refractivity contribution is -0.144. The van der Waals surface area contributed by atoms with E-state index in [0.29, 0.717) is 19.5 Å². The van der Waals surface area contributed by atoms with Gasteiger partial charge in [-0.25, -0.2) is 0 Å². The van der Waals surface area contributed by atoms with E-state index in [1.165, 1.54) is 6.08 Å². The highest BCUT2D eigenvalue weighted by atomic mass is 32.1. The second-order valence-electron chi connectivity index (χ2n) is 4.31. The number of thiophene rings is 1. The lowest BCUT2D eigenvalue weighted by Crippen LogP contribution is -2.41. The van der Waals surface area contributed by atoms with Gasteiger partial charge in [0.1, 0.15) is 0 Å². The van der Waals surface area contributed by atoms with Crippen molar-refractivity contribution in [2.45, 2.75) is 12.8 Å². The van der Waals surface area contributed by atoms with Crippen LogP contribution in [0.15, 0.2) is 23.6 Å². The summed E-state index contributed by atoms with van der Waals surface area (Å²) in [6.45, 7) is 0.973. The Morgan fingerprint density at radius 3 is 3.00 bits per heavy atom. The summed E-state index contributed by atoms with van der Waals surface area (Å²) in [5, 5.41) is 10.9. The second kappa shape index (κ2) is 5.82. The largest absolute Gasteiger partial charge is 0.481 e. The van der Waals surface area contributed by atoms with Crippen LogP contribution in [0, 0.1) is 5.92 Å². The molecule has 1 aromatic heterocycles. The smallest absolute Gasteiger partial charge is 0.308 e. The van der Waals surface area contributed by atoms with Crippen LogP contribution in [0.3, 0.4) is 0 Å². The summed E-state index contributed by atoms with van der Waals surface area (Å²) < 4.78 is 0. The average molecular weight is 265 g/mol. The van der Waals surface area contributed by atoms with E-state index in [2.05, 4.69) is 0 Å². The summed E-state index contributed by atoms with van der Waals surface area (Å²) >= 11 is 1.57. The first-order valence-corrected chi connectivity index (χ1v) is 6.78. The van der Waals surface area contributed by atoms with Gasteiger partial charge in [0.05, 0.1) is 5.92 Å². The van der Waals surface area contributed by atoms with Crippen molar-refractivity contribution in [3.05, 3.63) is 28.5 Å². The van der Waals surface area contributed by atoms with Crippen LogP contribution in [0.2, 0.25) is 0 Å². The summed E-state index contributed by atoms with van der Waals surface area (Å²) in [7, 11) is 0. The number of hydrogen-bond donors (Lipinski definition) is 1. The molecule has 1 saturated heterocycles. The first-order valence-electron chi connectivity index (χ1n) is 5.90. The Kier molecular flexibility index (Phi) is 4.15. The highest BCUT2D eigenvalue weighted by molar-refractivity contribution is 7.10. The van der Waals surface area contributed by atoms with Gasteiger partial charge in [-0.3, -0.25) is 9.59 Å². The third kappa shape index (κ3) is 3.20. The second-order valence-corrected chi connectivity index (χ2v) is 5.29. The van der Waals surface area contributed by atoms with Crippen LogP contribution in [0.4, 0.5) is 0 Å². The fourth-order valence-corrected chi connectivity index (χ4v) is 2.64. The van der Waals surface area contributed by atoms with E-state index in [9.17, 15) is 9.59 Å². The van der Waals surface area contributed by atoms with E-state index < -0.39 is 11.9 Å². The van der Waals surface area contributed by atoms with Crippen LogP contribution in [0.25, 0.3) is 6.08 Å². The van der Waals surface area contributed by atoms with E-state index in [4.69, 9.17) is 5.11 Å². The number of carbonyl (C=O) groups is 2. The van der Waals surface area contributed by atoms with Crippen molar-refractivity contribution < 1.29 is 14.7 Å². The van der Waals surface area contributed by atoms with Crippen molar-refractivity contribution in [3.8, 4) is 0 Å². The zero-order valence-corrected chi connectivity index (χ0v) is 10.7. The fourth-order valence-electron chi connectivity index (χ4n) is 2.02. The molecule has 0 spiro atoms. The molecule has 2 rings (SSSR count). The molecule has 96 valence electrons. The van der Waals surface area contributed by atoms with Gasteiger partial charge in [0.2, 0.25) is 5.91 Å². The Morgan fingerprint density at radius 1 is 1.50 bits per heavy atom. The van der Waals surface area contributed by atoms with Gasteiger partial charge in [0.25, 0.3) is 0 Å². The molecular weight excluding hydrogens is 250 g/mol. The number of amides is 1. The van der Waals surface area contributed by atoms with Crippen LogP contribution < -0.4 is 0 Å². The summed E-state index contributed by atoms with van der Waals surface area (Å²) in [5.74, 6) is -1.33. The Balaban J connectivity index is 1.94. The van der Waals surface area contributed by atoms with Crippen molar-refractivity contribution in [2.75, 3.05) is 13.1 Å². The fraction of sp³-hybridized carbons (Fsp3) is 0.385. The Morgan fingerprint density at radius 2 is 2.33 bits per heavy atom. The zero-order valence-electron chi connectivity index (χ0n) is 9.91. The van der Waals surface area contributed by atoms with Gasteiger partial charge in [-0.15, -0.1) is 11.3 Å². The van der Waals surface area contributed by atoms with Crippen molar-refractivity contribution in [1.82, 2.24) is 4.90 Å². The molecule has 0 radical (unpaired) electrons. The van der Waals surface area contributed by atoms with Crippen LogP contribution in [-0.4, -0.2) is 35.0 Å². The molecule has 1 atom stereocenters. The number of carboxylic acid groups (broad SMARTS) is 1. The lowest BCUT2D eigenvalue weighted by atomic mass is 9.98. The molecule has 1 aliphatic rings. The SMILES string of the molecule is O=C(O)C1CCCN(C(=O)/C=C/c2cccs2)C1. The van der Waals surface area contributed by atoms with E-state index >= 15 is 0 Å². The number of carboxylic acids is 1. The number of nitrogens with zero attached hydrogens (tertiary/aromatic N) is 1. The topological polar surface area (TPSA) is 57.6 Å². The molecular formula is C13H15NO3S. The summed E-state index contributed by atoms with van der Waals surface area (Å²) in [4.78, 5) is 25.5. The molecule has 1 unspecified atom stereocenters. The molecule has 18 heavy (non-hydrogen) atoms. The molecule has 2 heterocycles. The quantitative estimate of drug-likeness (QED) is 0.851. The molecule has 0 aromatic carbocycles. The van der Waals surface area contributed by atoms with Gasteiger partial charge in [0, 0.05) is 24.0 Å². The van der Waals surface area contributed by atoms with Crippen LogP contribution >= 0.6 is 11.3 Å². The highest BCUT2D eigenvalue weighted by Gasteiger charge is 2.26. The van der Waals surface area contributed by atoms with Crippen molar-refractivity contribution in [3.63, 3.8) is 0 Å². The van der Waals surface area contributed by atoms with E-state index in [-0.39, 0.29) is 5.91 Å². The number of carbonyl (C=O) groups excluding carboxylic acids is 1. The maximum absolute atomic E-state index is 11.9. The first-order chi connectivity index (χ1) is 8.66. The molecule has 5 heteroatoms. The predicted molar refractivity (Wildman–Crippen MR) is 70.3 cm³/mol. The van der Waals surface area contributed by atoms with Crippen molar-refractivity contribution >= 4 is 29.3 Å². The van der Waals surface area contributed by atoms with Gasteiger partial charge < -0.3 is 10.0 Å². The number of likely N-dealkylation sites (tertiary alicyclic amines) is 1. The summed E-state index contributed by atoms with van der Waals surface area (Å²) in [6, 6.07) is 3.86. The summed E-state index contributed by atoms with van der Waals surface area (Å²) in [6.07, 6.45) is 4.72. The molecule has 1 N–H and O–H groups in total. The Labute approximate surface area is 110 Å². The molecule has 0 saturated carbocycles. The van der Waals surface area contributed by atoms with Gasteiger partial charge >= 0.3 is 5.97 Å². The minimum Gasteiger partial charge on any atom is -0.481 e. The normalized spacial score (nSPS) is 20.2. The third-order valence-electron chi connectivity index (χ3n) is 3.02. The minimum absolute atomic E-state index is 0.102. The number of rotatable bonds is 3. The Hall–Kier alpha value is -1.62. The number of hydrogen-bond acceptors (Lipinski definition) is 3. The number of aliphatic carboxylic acids is 1. The molecule has 1 amide bonds. The van der Waals surface area contributed by atoms with Gasteiger partial charge in [-0.2, -0.15) is 0 Å². The van der Waals surface area contributed by atoms with E-state index in [1.807, 2.05) is 17.5 Å². The van der Waals surface area contributed by atoms with Gasteiger partial charge in [-0.05, 0) is 30.4 Å². The molecule has 1 aromatic rings. The van der Waals surface area contributed by atoms with Crippen LogP contribution in [0.1, 0.15) is 17.7 Å². The van der Waals surface area contributed by atoms with Crippen molar-refractivity contribution in [1.29, 1.82) is 0 Å². The highest BCUT2D eigenvalue weighted by Crippen LogP contribution is 2.17. The van der Waals surface area contributed by atoms with Crippen LogP contribution in [0.5, 0.6) is 0 Å². The molecule has 4 nitrogen and oxygen atoms in total. The monoisotopic (exact) mass is 265 g/mol. The van der Waals surface area contributed by atoms with E-state index in [0.717, 1.165) is 11.3 Å². The maximum Gasteiger partial charge on any atom is 0.308 e. The predicted octanol–water partition coefficient (Wildman–Crippen LogP) is 2.08. The molecule has 1 fully saturated rings. The molecule has 0 aliphatic carbocycles. The molecule has 1 aliphatic heterocycles. The third-order valence-corrected chi connectivity index (χ3v) is 3.85. The molecule has 0 bridgehead atoms. The van der Waals surface area contributed by atoms with Crippen molar-refractivity contribution in [2.24, 2.45) is 5.92 Å². The first kappa shape index (κ1) is 12.8.